The number of fused-ring (bicyclic) bond motifs is 1. The Morgan fingerprint density at radius 3 is 2.72 bits per heavy atom. The highest BCUT2D eigenvalue weighted by atomic mass is 35.5. The maximum atomic E-state index is 12.2. The maximum Gasteiger partial charge on any atom is 0.244 e. The predicted octanol–water partition coefficient (Wildman–Crippen LogP) is 4.50. The van der Waals surface area contributed by atoms with E-state index in [4.69, 9.17) is 26.8 Å². The number of nitrogens with zero attached hydrogens (tertiary/aromatic N) is 2. The monoisotopic (exact) mass is 522 g/mol. The summed E-state index contributed by atoms with van der Waals surface area (Å²) in [5, 5.41) is 3.41. The summed E-state index contributed by atoms with van der Waals surface area (Å²) in [7, 11) is 0. The van der Waals surface area contributed by atoms with Gasteiger partial charge in [0, 0.05) is 48.8 Å². The lowest BCUT2D eigenvalue weighted by molar-refractivity contribution is -0.116. The van der Waals surface area contributed by atoms with Crippen LogP contribution in [0.25, 0.3) is 11.1 Å². The van der Waals surface area contributed by atoms with Crippen molar-refractivity contribution in [3.05, 3.63) is 83.0 Å². The predicted molar refractivity (Wildman–Crippen MR) is 143 cm³/mol. The number of amides is 1. The van der Waals surface area contributed by atoms with E-state index in [0.717, 1.165) is 48.6 Å². The number of aromatic nitrogens is 1. The summed E-state index contributed by atoms with van der Waals surface area (Å²) in [5.41, 5.74) is 9.64. The van der Waals surface area contributed by atoms with Gasteiger partial charge < -0.3 is 20.5 Å². The fraction of sp³-hybridized carbons (Fsp3) is 0.259. The van der Waals surface area contributed by atoms with Crippen LogP contribution in [0.15, 0.2) is 71.8 Å². The lowest BCUT2D eigenvalue weighted by Crippen LogP contribution is -2.30. The molecule has 9 heteroatoms. The van der Waals surface area contributed by atoms with Crippen molar-refractivity contribution in [3.63, 3.8) is 0 Å². The lowest BCUT2D eigenvalue weighted by Gasteiger charge is -2.25. The molecule has 3 aromatic rings. The van der Waals surface area contributed by atoms with E-state index < -0.39 is 0 Å². The van der Waals surface area contributed by atoms with Gasteiger partial charge >= 0.3 is 0 Å². The molecule has 0 radical (unpaired) electrons. The third-order valence-corrected chi connectivity index (χ3v) is 7.37. The average molecular weight is 523 g/mol. The SMILES string of the molecule is Nc1ccc(CNC(=O)/C=C/C2Cc3cc(-c4ccc(SN5CCOCC5)cc4)cc(Cl)c3O2)cn1. The molecule has 1 fully saturated rings. The molecule has 1 saturated heterocycles. The highest BCUT2D eigenvalue weighted by Crippen LogP contribution is 2.40. The second kappa shape index (κ2) is 11.3. The number of hydrogen-bond acceptors (Lipinski definition) is 7. The highest BCUT2D eigenvalue weighted by Gasteiger charge is 2.24. The van der Waals surface area contributed by atoms with Crippen LogP contribution in [-0.4, -0.2) is 47.6 Å². The highest BCUT2D eigenvalue weighted by molar-refractivity contribution is 7.97. The molecule has 186 valence electrons. The van der Waals surface area contributed by atoms with Gasteiger partial charge in [-0.2, -0.15) is 0 Å². The van der Waals surface area contributed by atoms with E-state index in [0.29, 0.717) is 29.6 Å². The number of carbonyl (C=O) groups is 1. The Bertz CT molecular complexity index is 1250. The van der Waals surface area contributed by atoms with Gasteiger partial charge in [-0.25, -0.2) is 9.29 Å². The van der Waals surface area contributed by atoms with Crippen LogP contribution in [0.3, 0.4) is 0 Å². The first-order valence-corrected chi connectivity index (χ1v) is 13.0. The number of morpholine rings is 1. The zero-order chi connectivity index (χ0) is 24.9. The van der Waals surface area contributed by atoms with E-state index in [1.165, 1.54) is 11.0 Å². The van der Waals surface area contributed by atoms with Crippen molar-refractivity contribution in [3.8, 4) is 16.9 Å². The second-order valence-corrected chi connectivity index (χ2v) is 10.2. The molecule has 7 nitrogen and oxygen atoms in total. The van der Waals surface area contributed by atoms with Crippen LogP contribution in [-0.2, 0) is 22.5 Å². The Kier molecular flexibility index (Phi) is 7.77. The van der Waals surface area contributed by atoms with Crippen LogP contribution in [0.1, 0.15) is 11.1 Å². The third kappa shape index (κ3) is 6.20. The van der Waals surface area contributed by atoms with Crippen molar-refractivity contribution in [1.82, 2.24) is 14.6 Å². The van der Waals surface area contributed by atoms with Crippen molar-refractivity contribution in [2.24, 2.45) is 0 Å². The largest absolute Gasteiger partial charge is 0.484 e. The molecule has 1 unspecified atom stereocenters. The summed E-state index contributed by atoms with van der Waals surface area (Å²) in [4.78, 5) is 17.5. The van der Waals surface area contributed by atoms with Gasteiger partial charge in [-0.15, -0.1) is 0 Å². The van der Waals surface area contributed by atoms with Gasteiger partial charge in [0.15, 0.2) is 0 Å². The molecule has 1 aromatic heterocycles. The number of anilines is 1. The molecular weight excluding hydrogens is 496 g/mol. The molecule has 0 saturated carbocycles. The van der Waals surface area contributed by atoms with E-state index in [1.807, 2.05) is 12.1 Å². The summed E-state index contributed by atoms with van der Waals surface area (Å²) >= 11 is 8.34. The van der Waals surface area contributed by atoms with E-state index in [2.05, 4.69) is 44.9 Å². The van der Waals surface area contributed by atoms with Gasteiger partial charge in [0.2, 0.25) is 5.91 Å². The molecule has 5 rings (SSSR count). The van der Waals surface area contributed by atoms with Crippen LogP contribution >= 0.6 is 23.5 Å². The molecule has 0 spiro atoms. The van der Waals surface area contributed by atoms with Crippen LogP contribution in [0.4, 0.5) is 5.82 Å². The fourth-order valence-electron chi connectivity index (χ4n) is 4.10. The fourth-order valence-corrected chi connectivity index (χ4v) is 5.27. The van der Waals surface area contributed by atoms with Crippen LogP contribution < -0.4 is 15.8 Å². The van der Waals surface area contributed by atoms with Gasteiger partial charge in [0.05, 0.1) is 18.2 Å². The van der Waals surface area contributed by atoms with Crippen LogP contribution in [0, 0.1) is 0 Å². The first-order chi connectivity index (χ1) is 17.5. The van der Waals surface area contributed by atoms with Gasteiger partial charge in [-0.05, 0) is 65.0 Å². The molecule has 2 aliphatic heterocycles. The molecule has 36 heavy (non-hydrogen) atoms. The number of nitrogens with two attached hydrogens (primary N) is 1. The van der Waals surface area contributed by atoms with Gasteiger partial charge in [0.1, 0.15) is 17.7 Å². The second-order valence-electron chi connectivity index (χ2n) is 8.63. The van der Waals surface area contributed by atoms with E-state index in [-0.39, 0.29) is 12.0 Å². The molecule has 3 heterocycles. The number of hydrogen-bond donors (Lipinski definition) is 2. The zero-order valence-corrected chi connectivity index (χ0v) is 21.2. The molecule has 3 N–H and O–H groups in total. The van der Waals surface area contributed by atoms with Crippen LogP contribution in [0.2, 0.25) is 5.02 Å². The summed E-state index contributed by atoms with van der Waals surface area (Å²) in [6.07, 6.45) is 5.32. The summed E-state index contributed by atoms with van der Waals surface area (Å²) in [6, 6.07) is 16.1. The summed E-state index contributed by atoms with van der Waals surface area (Å²) in [5.74, 6) is 0.931. The van der Waals surface area contributed by atoms with Crippen molar-refractivity contribution in [2.75, 3.05) is 32.0 Å². The van der Waals surface area contributed by atoms with Crippen molar-refractivity contribution >= 4 is 35.3 Å². The van der Waals surface area contributed by atoms with Crippen molar-refractivity contribution in [1.29, 1.82) is 0 Å². The number of nitrogens with one attached hydrogen (secondary N) is 1. The average Bonchev–Trinajstić information content (AvgIpc) is 3.32. The molecule has 1 amide bonds. The summed E-state index contributed by atoms with van der Waals surface area (Å²) in [6.45, 7) is 3.81. The number of carbonyl (C=O) groups excluding carboxylic acids is 1. The minimum atomic E-state index is -0.246. The molecular formula is C27H27ClN4O3S. The number of rotatable bonds is 7. The van der Waals surface area contributed by atoms with Gasteiger partial charge in [-0.3, -0.25) is 4.79 Å². The quantitative estimate of drug-likeness (QED) is 0.349. The standard InChI is InChI=1S/C27H27ClN4O3S/c28-24-15-20(19-2-5-23(6-3-19)36-32-9-11-34-12-10-32)13-21-14-22(35-27(21)24)4-8-26(33)31-17-18-1-7-25(29)30-16-18/h1-8,13,15-16,22H,9-12,14,17H2,(H2,29,30)(H,31,33)/b8-4+. The molecule has 2 aliphatic rings. The molecule has 0 bridgehead atoms. The molecule has 2 aromatic carbocycles. The van der Waals surface area contributed by atoms with Crippen molar-refractivity contribution < 1.29 is 14.3 Å². The number of pyridine rings is 1. The van der Waals surface area contributed by atoms with E-state index >= 15 is 0 Å². The Hall–Kier alpha value is -3.04. The number of ether oxygens (including phenoxy) is 2. The Labute approximate surface area is 219 Å². The molecule has 0 aliphatic carbocycles. The normalized spacial score (nSPS) is 17.6. The Balaban J connectivity index is 1.18. The van der Waals surface area contributed by atoms with E-state index in [9.17, 15) is 4.79 Å². The Morgan fingerprint density at radius 1 is 1.17 bits per heavy atom. The first-order valence-electron chi connectivity index (χ1n) is 11.8. The van der Waals surface area contributed by atoms with Crippen molar-refractivity contribution in [2.45, 2.75) is 24.0 Å². The van der Waals surface area contributed by atoms with Crippen LogP contribution in [0.5, 0.6) is 5.75 Å². The van der Waals surface area contributed by atoms with Gasteiger partial charge in [0.25, 0.3) is 0 Å². The van der Waals surface area contributed by atoms with Gasteiger partial charge in [-0.1, -0.05) is 29.8 Å². The maximum absolute atomic E-state index is 12.2. The summed E-state index contributed by atoms with van der Waals surface area (Å²) < 4.78 is 13.8. The number of nitrogen functional groups attached to an aromatic ring is 1. The Morgan fingerprint density at radius 2 is 1.97 bits per heavy atom. The smallest absolute Gasteiger partial charge is 0.244 e. The lowest BCUT2D eigenvalue weighted by atomic mass is 10.0. The minimum absolute atomic E-state index is 0.201. The number of benzene rings is 2. The number of halogens is 1. The zero-order valence-electron chi connectivity index (χ0n) is 19.7. The van der Waals surface area contributed by atoms with E-state index in [1.54, 1.807) is 30.3 Å². The topological polar surface area (TPSA) is 89.7 Å². The third-order valence-electron chi connectivity index (χ3n) is 5.98. The first kappa shape index (κ1) is 24.6. The minimum Gasteiger partial charge on any atom is -0.484 e. The molecule has 1 atom stereocenters.